The molecule has 2 rings (SSSR count). The Morgan fingerprint density at radius 1 is 1.32 bits per heavy atom. The topological polar surface area (TPSA) is 87.2 Å². The highest BCUT2D eigenvalue weighted by atomic mass is 35.5. The van der Waals surface area contributed by atoms with Crippen molar-refractivity contribution in [3.63, 3.8) is 0 Å². The third-order valence-corrected chi connectivity index (χ3v) is 6.57. The molecule has 0 bridgehead atoms. The molecule has 1 aliphatic rings. The van der Waals surface area contributed by atoms with E-state index in [1.807, 2.05) is 43.0 Å². The van der Waals surface area contributed by atoms with Crippen molar-refractivity contribution < 1.29 is 23.1 Å². The summed E-state index contributed by atoms with van der Waals surface area (Å²) in [6.45, 7) is 6.86. The maximum absolute atomic E-state index is 12.0. The molecule has 1 saturated heterocycles. The van der Waals surface area contributed by atoms with Gasteiger partial charge in [-0.05, 0) is 51.3 Å². The predicted octanol–water partition coefficient (Wildman–Crippen LogP) is 2.60. The van der Waals surface area contributed by atoms with Gasteiger partial charge in [0.05, 0.1) is 18.4 Å². The van der Waals surface area contributed by atoms with Gasteiger partial charge in [-0.2, -0.15) is 0 Å². The molecule has 0 amide bonds. The highest BCUT2D eigenvalue weighted by Crippen LogP contribution is 2.23. The largest absolute Gasteiger partial charge is 0.491 e. The van der Waals surface area contributed by atoms with Crippen LogP contribution in [0.2, 0.25) is 0 Å². The molecule has 9 heteroatoms. The minimum Gasteiger partial charge on any atom is -0.491 e. The Kier molecular flexibility index (Phi) is 9.69. The summed E-state index contributed by atoms with van der Waals surface area (Å²) in [6.07, 6.45) is 1.34. The number of aliphatic carboxylic acids is 1. The number of carboxylic acids is 1. The molecule has 0 aliphatic carbocycles. The van der Waals surface area contributed by atoms with Crippen molar-refractivity contribution in [1.29, 1.82) is 0 Å². The molecule has 28 heavy (non-hydrogen) atoms. The van der Waals surface area contributed by atoms with Crippen molar-refractivity contribution in [3.8, 4) is 5.75 Å². The summed E-state index contributed by atoms with van der Waals surface area (Å²) >= 11 is 0. The quantitative estimate of drug-likeness (QED) is 0.642. The lowest BCUT2D eigenvalue weighted by Crippen LogP contribution is -2.48. The molecule has 7 nitrogen and oxygen atoms in total. The summed E-state index contributed by atoms with van der Waals surface area (Å²) in [6, 6.07) is 7.73. The van der Waals surface area contributed by atoms with Gasteiger partial charge in [-0.15, -0.1) is 12.4 Å². The number of carboxylic acid groups (broad SMARTS) is 1. The second-order valence-electron chi connectivity index (χ2n) is 7.14. The molecule has 0 radical (unpaired) electrons. The van der Waals surface area contributed by atoms with Gasteiger partial charge >= 0.3 is 5.97 Å². The Morgan fingerprint density at radius 3 is 2.50 bits per heavy atom. The highest BCUT2D eigenvalue weighted by Gasteiger charge is 2.30. The summed E-state index contributed by atoms with van der Waals surface area (Å²) in [5, 5.41) is 9.31. The van der Waals surface area contributed by atoms with E-state index in [0.717, 1.165) is 11.3 Å². The molecule has 1 aromatic carbocycles. The summed E-state index contributed by atoms with van der Waals surface area (Å²) in [4.78, 5) is 13.3. The van der Waals surface area contributed by atoms with Crippen LogP contribution in [0.5, 0.6) is 5.75 Å². The lowest BCUT2D eigenvalue weighted by molar-refractivity contribution is -0.139. The molecule has 1 aliphatic heterocycles. The van der Waals surface area contributed by atoms with Crippen molar-refractivity contribution >= 4 is 28.4 Å². The van der Waals surface area contributed by atoms with Gasteiger partial charge in [-0.3, -0.25) is 9.69 Å². The third kappa shape index (κ3) is 7.24. The van der Waals surface area contributed by atoms with E-state index < -0.39 is 16.0 Å². The van der Waals surface area contributed by atoms with E-state index in [0.29, 0.717) is 32.5 Å². The summed E-state index contributed by atoms with van der Waals surface area (Å²) < 4.78 is 31.3. The zero-order valence-corrected chi connectivity index (χ0v) is 18.3. The van der Waals surface area contributed by atoms with Gasteiger partial charge in [0.2, 0.25) is 10.0 Å². The van der Waals surface area contributed by atoms with Crippen molar-refractivity contribution in [1.82, 2.24) is 9.21 Å². The molecule has 1 fully saturated rings. The van der Waals surface area contributed by atoms with E-state index in [1.165, 1.54) is 4.31 Å². The molecule has 0 unspecified atom stereocenters. The molecule has 160 valence electrons. The monoisotopic (exact) mass is 434 g/mol. The van der Waals surface area contributed by atoms with E-state index in [-0.39, 0.29) is 36.9 Å². The first-order valence-electron chi connectivity index (χ1n) is 9.40. The zero-order chi connectivity index (χ0) is 20.0. The Morgan fingerprint density at radius 2 is 1.96 bits per heavy atom. The predicted molar refractivity (Wildman–Crippen MR) is 112 cm³/mol. The normalized spacial score (nSPS) is 16.2. The smallest absolute Gasteiger partial charge is 0.317 e. The van der Waals surface area contributed by atoms with Crippen molar-refractivity contribution in [2.75, 3.05) is 25.4 Å². The van der Waals surface area contributed by atoms with Crippen LogP contribution >= 0.6 is 12.4 Å². The Labute approximate surface area is 174 Å². The molecule has 0 saturated carbocycles. The number of rotatable bonds is 9. The Bertz CT molecular complexity index is 734. The van der Waals surface area contributed by atoms with Crippen LogP contribution in [-0.2, 0) is 21.4 Å². The van der Waals surface area contributed by atoms with Gasteiger partial charge in [0.15, 0.2) is 0 Å². The minimum absolute atomic E-state index is 0. The molecule has 1 heterocycles. The summed E-state index contributed by atoms with van der Waals surface area (Å²) in [5.74, 6) is -0.0195. The number of hydrogen-bond acceptors (Lipinski definition) is 5. The Hall–Kier alpha value is -1.35. The number of hydrogen-bond donors (Lipinski definition) is 1. The third-order valence-electron chi connectivity index (χ3n) is 4.69. The van der Waals surface area contributed by atoms with Crippen LogP contribution in [0, 0.1) is 0 Å². The molecule has 1 N–H and O–H groups in total. The fourth-order valence-electron chi connectivity index (χ4n) is 3.38. The molecule has 1 aromatic rings. The van der Waals surface area contributed by atoms with E-state index in [4.69, 9.17) is 4.74 Å². The second kappa shape index (κ2) is 11.0. The van der Waals surface area contributed by atoms with Crippen molar-refractivity contribution in [3.05, 3.63) is 29.8 Å². The molecular formula is C19H31ClN2O5S. The van der Waals surface area contributed by atoms with Gasteiger partial charge in [-0.1, -0.05) is 12.1 Å². The maximum atomic E-state index is 12.0. The first kappa shape index (κ1) is 24.7. The van der Waals surface area contributed by atoms with Gasteiger partial charge in [0.1, 0.15) is 5.75 Å². The standard InChI is InChI=1S/C19H30N2O5S.ClH/c1-4-27(24,25)21-10-8-17(9-11-21)20(14-19(22)23)13-16-6-5-7-18(12-16)26-15(2)3;/h5-7,12,15,17H,4,8-11,13-14H2,1-3H3,(H,22,23);1H. The fraction of sp³-hybridized carbons (Fsp3) is 0.632. The molecule has 0 spiro atoms. The first-order chi connectivity index (χ1) is 12.7. The Balaban J connectivity index is 0.00000392. The SMILES string of the molecule is CCS(=O)(=O)N1CCC(N(CC(=O)O)Cc2cccc(OC(C)C)c2)CC1.Cl. The zero-order valence-electron chi connectivity index (χ0n) is 16.7. The number of piperidine rings is 1. The van der Waals surface area contributed by atoms with Crippen LogP contribution < -0.4 is 4.74 Å². The fourth-order valence-corrected chi connectivity index (χ4v) is 4.51. The molecule has 0 aromatic heterocycles. The van der Waals surface area contributed by atoms with Crippen LogP contribution in [-0.4, -0.2) is 66.2 Å². The number of ether oxygens (including phenoxy) is 1. The summed E-state index contributed by atoms with van der Waals surface area (Å²) in [5.41, 5.74) is 0.984. The van der Waals surface area contributed by atoms with Crippen molar-refractivity contribution in [2.45, 2.75) is 52.3 Å². The second-order valence-corrected chi connectivity index (χ2v) is 9.40. The first-order valence-corrected chi connectivity index (χ1v) is 11.0. The molecular weight excluding hydrogens is 404 g/mol. The lowest BCUT2D eigenvalue weighted by Gasteiger charge is -2.37. The van der Waals surface area contributed by atoms with Gasteiger partial charge in [0.25, 0.3) is 0 Å². The van der Waals surface area contributed by atoms with Crippen LogP contribution in [0.1, 0.15) is 39.2 Å². The van der Waals surface area contributed by atoms with E-state index in [2.05, 4.69) is 0 Å². The number of sulfonamides is 1. The maximum Gasteiger partial charge on any atom is 0.317 e. The number of carbonyl (C=O) groups is 1. The van der Waals surface area contributed by atoms with Crippen molar-refractivity contribution in [2.24, 2.45) is 0 Å². The van der Waals surface area contributed by atoms with Gasteiger partial charge < -0.3 is 9.84 Å². The van der Waals surface area contributed by atoms with Crippen LogP contribution in [0.4, 0.5) is 0 Å². The lowest BCUT2D eigenvalue weighted by atomic mass is 10.0. The van der Waals surface area contributed by atoms with E-state index >= 15 is 0 Å². The number of nitrogens with zero attached hydrogens (tertiary/aromatic N) is 2. The van der Waals surface area contributed by atoms with Crippen LogP contribution in [0.25, 0.3) is 0 Å². The van der Waals surface area contributed by atoms with E-state index in [1.54, 1.807) is 6.92 Å². The number of benzene rings is 1. The van der Waals surface area contributed by atoms with Crippen LogP contribution in [0.15, 0.2) is 24.3 Å². The summed E-state index contributed by atoms with van der Waals surface area (Å²) in [7, 11) is -3.19. The average molecular weight is 435 g/mol. The average Bonchev–Trinajstić information content (AvgIpc) is 2.60. The van der Waals surface area contributed by atoms with Gasteiger partial charge in [0, 0.05) is 25.7 Å². The van der Waals surface area contributed by atoms with Crippen LogP contribution in [0.3, 0.4) is 0 Å². The molecule has 0 atom stereocenters. The van der Waals surface area contributed by atoms with Gasteiger partial charge in [-0.25, -0.2) is 12.7 Å². The van der Waals surface area contributed by atoms with E-state index in [9.17, 15) is 18.3 Å². The highest BCUT2D eigenvalue weighted by molar-refractivity contribution is 7.89. The number of halogens is 1. The minimum atomic E-state index is -3.19.